The van der Waals surface area contributed by atoms with Crippen molar-refractivity contribution in [2.75, 3.05) is 42.2 Å². The summed E-state index contributed by atoms with van der Waals surface area (Å²) >= 11 is 1.55. The summed E-state index contributed by atoms with van der Waals surface area (Å²) < 4.78 is 13.8. The van der Waals surface area contributed by atoms with Crippen LogP contribution in [0.5, 0.6) is 0 Å². The number of halogens is 1. The molecule has 0 N–H and O–H groups in total. The molecule has 8 heteroatoms. The number of hydrogen-bond acceptors (Lipinski definition) is 7. The molecule has 1 aliphatic rings. The van der Waals surface area contributed by atoms with Crippen LogP contribution >= 0.6 is 11.8 Å². The van der Waals surface area contributed by atoms with Gasteiger partial charge in [0.25, 0.3) is 0 Å². The molecule has 0 radical (unpaired) electrons. The van der Waals surface area contributed by atoms with E-state index >= 15 is 0 Å². The van der Waals surface area contributed by atoms with Gasteiger partial charge in [-0.1, -0.05) is 18.7 Å². The molecule has 0 spiro atoms. The smallest absolute Gasteiger partial charge is 0.189 e. The van der Waals surface area contributed by atoms with E-state index in [9.17, 15) is 4.39 Å². The summed E-state index contributed by atoms with van der Waals surface area (Å²) in [5.74, 6) is 0.950. The van der Waals surface area contributed by atoms with Crippen LogP contribution in [0, 0.1) is 5.82 Å². The van der Waals surface area contributed by atoms with Crippen LogP contribution in [0.15, 0.2) is 23.7 Å². The highest BCUT2D eigenvalue weighted by atomic mass is 32.2. The van der Waals surface area contributed by atoms with E-state index in [1.807, 2.05) is 17.2 Å². The zero-order chi connectivity index (χ0) is 16.2. The fourth-order valence-corrected chi connectivity index (χ4v) is 2.97. The van der Waals surface area contributed by atoms with Gasteiger partial charge in [-0.25, -0.2) is 24.3 Å². The Bertz CT molecular complexity index is 653. The van der Waals surface area contributed by atoms with Crippen LogP contribution in [-0.2, 0) is 6.42 Å². The summed E-state index contributed by atoms with van der Waals surface area (Å²) in [7, 11) is 0. The maximum atomic E-state index is 13.8. The molecule has 2 aromatic heterocycles. The molecule has 1 saturated heterocycles. The molecule has 1 aliphatic heterocycles. The fourth-order valence-electron chi connectivity index (χ4n) is 2.58. The Morgan fingerprint density at radius 2 is 1.91 bits per heavy atom. The van der Waals surface area contributed by atoms with Gasteiger partial charge < -0.3 is 9.80 Å². The SMILES string of the molecule is CCc1cc(N2CCN(c3ncncc3F)CC2)nc(SC)n1. The molecular weight excluding hydrogens is 315 g/mol. The normalized spacial score (nSPS) is 15.1. The molecule has 0 bridgehead atoms. The number of nitrogens with zero attached hydrogens (tertiary/aromatic N) is 6. The first-order valence-electron chi connectivity index (χ1n) is 7.58. The molecule has 0 atom stereocenters. The van der Waals surface area contributed by atoms with Crippen molar-refractivity contribution >= 4 is 23.4 Å². The molecule has 0 unspecified atom stereocenters. The zero-order valence-electron chi connectivity index (χ0n) is 13.2. The Balaban J connectivity index is 1.73. The van der Waals surface area contributed by atoms with Gasteiger partial charge in [-0.3, -0.25) is 0 Å². The molecule has 122 valence electrons. The molecule has 1 fully saturated rings. The lowest BCUT2D eigenvalue weighted by Gasteiger charge is -2.36. The number of anilines is 2. The molecular formula is C15H19FN6S. The largest absolute Gasteiger partial charge is 0.353 e. The molecule has 0 saturated carbocycles. The quantitative estimate of drug-likeness (QED) is 0.626. The number of thioether (sulfide) groups is 1. The van der Waals surface area contributed by atoms with Crippen molar-refractivity contribution in [1.82, 2.24) is 19.9 Å². The first-order valence-corrected chi connectivity index (χ1v) is 8.81. The summed E-state index contributed by atoms with van der Waals surface area (Å²) in [6.07, 6.45) is 5.45. The van der Waals surface area contributed by atoms with Gasteiger partial charge in [-0.05, 0) is 12.7 Å². The van der Waals surface area contributed by atoms with Gasteiger partial charge in [0.1, 0.15) is 12.1 Å². The molecule has 6 nitrogen and oxygen atoms in total. The number of aryl methyl sites for hydroxylation is 1. The van der Waals surface area contributed by atoms with Gasteiger partial charge in [-0.15, -0.1) is 0 Å². The van der Waals surface area contributed by atoms with E-state index in [1.54, 1.807) is 11.8 Å². The van der Waals surface area contributed by atoms with Crippen molar-refractivity contribution in [3.8, 4) is 0 Å². The van der Waals surface area contributed by atoms with Crippen LogP contribution in [-0.4, -0.2) is 52.4 Å². The highest BCUT2D eigenvalue weighted by molar-refractivity contribution is 7.98. The Morgan fingerprint density at radius 1 is 1.17 bits per heavy atom. The third-order valence-corrected chi connectivity index (χ3v) is 4.39. The Morgan fingerprint density at radius 3 is 2.57 bits per heavy atom. The van der Waals surface area contributed by atoms with E-state index in [2.05, 4.69) is 31.8 Å². The van der Waals surface area contributed by atoms with E-state index in [1.165, 1.54) is 12.5 Å². The third kappa shape index (κ3) is 3.52. The van der Waals surface area contributed by atoms with Crippen LogP contribution in [0.4, 0.5) is 16.0 Å². The molecule has 3 rings (SSSR count). The standard InChI is InChI=1S/C15H19FN6S/c1-3-11-8-13(20-15(19-11)23-2)21-4-6-22(7-5-21)14-12(16)9-17-10-18-14/h8-10H,3-7H2,1-2H3. The van der Waals surface area contributed by atoms with Gasteiger partial charge in [-0.2, -0.15) is 0 Å². The number of piperazine rings is 1. The first kappa shape index (κ1) is 15.9. The minimum atomic E-state index is -0.374. The van der Waals surface area contributed by atoms with Gasteiger partial charge in [0.2, 0.25) is 0 Å². The maximum Gasteiger partial charge on any atom is 0.189 e. The van der Waals surface area contributed by atoms with Crippen LogP contribution in [0.25, 0.3) is 0 Å². The summed E-state index contributed by atoms with van der Waals surface area (Å²) in [6, 6.07) is 2.04. The van der Waals surface area contributed by atoms with Crippen LogP contribution < -0.4 is 9.80 Å². The van der Waals surface area contributed by atoms with E-state index in [4.69, 9.17) is 0 Å². The van der Waals surface area contributed by atoms with Gasteiger partial charge >= 0.3 is 0 Å². The zero-order valence-corrected chi connectivity index (χ0v) is 14.1. The summed E-state index contributed by atoms with van der Waals surface area (Å²) in [6.45, 7) is 5.04. The van der Waals surface area contributed by atoms with E-state index < -0.39 is 0 Å². The number of rotatable bonds is 4. The maximum absolute atomic E-state index is 13.8. The van der Waals surface area contributed by atoms with E-state index in [0.29, 0.717) is 18.9 Å². The summed E-state index contributed by atoms with van der Waals surface area (Å²) in [5.41, 5.74) is 1.05. The number of aromatic nitrogens is 4. The van der Waals surface area contributed by atoms with Crippen molar-refractivity contribution in [2.45, 2.75) is 18.5 Å². The Hall–Kier alpha value is -1.96. The molecule has 0 amide bonds. The fraction of sp³-hybridized carbons (Fsp3) is 0.467. The topological polar surface area (TPSA) is 58.0 Å². The van der Waals surface area contributed by atoms with Gasteiger partial charge in [0.05, 0.1) is 6.20 Å². The molecule has 2 aromatic rings. The highest BCUT2D eigenvalue weighted by Gasteiger charge is 2.22. The Kier molecular flexibility index (Phi) is 4.90. The van der Waals surface area contributed by atoms with Gasteiger partial charge in [0.15, 0.2) is 16.8 Å². The second-order valence-electron chi connectivity index (χ2n) is 5.23. The van der Waals surface area contributed by atoms with Crippen molar-refractivity contribution in [2.24, 2.45) is 0 Å². The minimum absolute atomic E-state index is 0.374. The minimum Gasteiger partial charge on any atom is -0.353 e. The first-order chi connectivity index (χ1) is 11.2. The average Bonchev–Trinajstić information content (AvgIpc) is 2.62. The average molecular weight is 334 g/mol. The van der Waals surface area contributed by atoms with Gasteiger partial charge in [0, 0.05) is 37.9 Å². The third-order valence-electron chi connectivity index (χ3n) is 3.84. The molecule has 23 heavy (non-hydrogen) atoms. The van der Waals surface area contributed by atoms with E-state index in [0.717, 1.165) is 36.2 Å². The lowest BCUT2D eigenvalue weighted by atomic mass is 10.2. The molecule has 0 aliphatic carbocycles. The van der Waals surface area contributed by atoms with Crippen molar-refractivity contribution in [3.05, 3.63) is 30.1 Å². The monoisotopic (exact) mass is 334 g/mol. The van der Waals surface area contributed by atoms with Crippen molar-refractivity contribution < 1.29 is 4.39 Å². The van der Waals surface area contributed by atoms with Crippen LogP contribution in [0.3, 0.4) is 0 Å². The van der Waals surface area contributed by atoms with Crippen LogP contribution in [0.2, 0.25) is 0 Å². The summed E-state index contributed by atoms with van der Waals surface area (Å²) in [5, 5.41) is 0.795. The second-order valence-corrected chi connectivity index (χ2v) is 6.00. The second kappa shape index (κ2) is 7.08. The van der Waals surface area contributed by atoms with Crippen molar-refractivity contribution in [3.63, 3.8) is 0 Å². The predicted octanol–water partition coefficient (Wildman–Crippen LogP) is 2.02. The molecule has 0 aromatic carbocycles. The summed E-state index contributed by atoms with van der Waals surface area (Å²) in [4.78, 5) is 21.0. The Labute approximate surface area is 139 Å². The van der Waals surface area contributed by atoms with Crippen LogP contribution in [0.1, 0.15) is 12.6 Å². The predicted molar refractivity (Wildman–Crippen MR) is 89.6 cm³/mol. The highest BCUT2D eigenvalue weighted by Crippen LogP contribution is 2.22. The molecule has 3 heterocycles. The van der Waals surface area contributed by atoms with E-state index in [-0.39, 0.29) is 5.82 Å². The number of hydrogen-bond donors (Lipinski definition) is 0. The lowest BCUT2D eigenvalue weighted by Crippen LogP contribution is -2.47. The lowest BCUT2D eigenvalue weighted by molar-refractivity contribution is 0.580. The van der Waals surface area contributed by atoms with Crippen molar-refractivity contribution in [1.29, 1.82) is 0 Å².